The molecule has 3 nitrogen and oxygen atoms in total. The largest absolute Gasteiger partial charge is 0.369 e. The molecule has 0 bridgehead atoms. The van der Waals surface area contributed by atoms with E-state index in [0.717, 1.165) is 46.5 Å². The first-order chi connectivity index (χ1) is 13.7. The van der Waals surface area contributed by atoms with Crippen molar-refractivity contribution >= 4 is 12.0 Å². The van der Waals surface area contributed by atoms with Gasteiger partial charge in [-0.1, -0.05) is 86.2 Å². The van der Waals surface area contributed by atoms with Crippen molar-refractivity contribution < 1.29 is 4.79 Å². The lowest BCUT2D eigenvalue weighted by molar-refractivity contribution is -0.122. The number of carbonyl (C=O) groups excluding carboxylic acids is 1. The van der Waals surface area contributed by atoms with Crippen molar-refractivity contribution in [1.82, 2.24) is 4.98 Å². The molecule has 1 heterocycles. The molecule has 4 rings (SSSR count). The second kappa shape index (κ2) is 7.43. The van der Waals surface area contributed by atoms with E-state index >= 15 is 0 Å². The summed E-state index contributed by atoms with van der Waals surface area (Å²) in [7, 11) is 0. The van der Waals surface area contributed by atoms with Gasteiger partial charge in [-0.05, 0) is 35.6 Å². The summed E-state index contributed by atoms with van der Waals surface area (Å²) in [6, 6.07) is 22.2. The fourth-order valence-electron chi connectivity index (χ4n) is 4.17. The number of fused-ring (bicyclic) bond motifs is 3. The summed E-state index contributed by atoms with van der Waals surface area (Å²) >= 11 is 0. The number of hydrogen-bond donors (Lipinski definition) is 1. The maximum atomic E-state index is 12.9. The first kappa shape index (κ1) is 18.2. The molecule has 0 aliphatic heterocycles. The number of benzene rings is 2. The number of nitrogens with zero attached hydrogens (tertiary/aromatic N) is 1. The van der Waals surface area contributed by atoms with E-state index in [1.54, 1.807) is 0 Å². The molecular formula is C25H24N2O. The van der Waals surface area contributed by atoms with E-state index in [4.69, 9.17) is 10.7 Å². The van der Waals surface area contributed by atoms with Crippen molar-refractivity contribution in [3.05, 3.63) is 95.2 Å². The van der Waals surface area contributed by atoms with Crippen LogP contribution >= 0.6 is 0 Å². The Bertz CT molecular complexity index is 1040. The van der Waals surface area contributed by atoms with Crippen LogP contribution in [-0.4, -0.2) is 10.9 Å². The van der Waals surface area contributed by atoms with Gasteiger partial charge in [-0.2, -0.15) is 0 Å². The highest BCUT2D eigenvalue weighted by Crippen LogP contribution is 2.50. The molecule has 3 heteroatoms. The van der Waals surface area contributed by atoms with Gasteiger partial charge in [0.1, 0.15) is 5.41 Å². The molecule has 0 fully saturated rings. The van der Waals surface area contributed by atoms with Crippen LogP contribution in [0.25, 0.3) is 17.3 Å². The Morgan fingerprint density at radius 3 is 2.50 bits per heavy atom. The van der Waals surface area contributed by atoms with Crippen LogP contribution < -0.4 is 5.73 Å². The number of primary amides is 1. The zero-order valence-electron chi connectivity index (χ0n) is 16.1. The first-order valence-electron chi connectivity index (χ1n) is 9.78. The quantitative estimate of drug-likeness (QED) is 0.673. The van der Waals surface area contributed by atoms with Gasteiger partial charge in [0.05, 0.1) is 5.69 Å². The van der Waals surface area contributed by atoms with E-state index in [2.05, 4.69) is 13.0 Å². The average molecular weight is 368 g/mol. The monoisotopic (exact) mass is 368 g/mol. The molecule has 0 saturated heterocycles. The van der Waals surface area contributed by atoms with Crippen molar-refractivity contribution in [2.24, 2.45) is 5.73 Å². The van der Waals surface area contributed by atoms with E-state index in [9.17, 15) is 4.79 Å². The van der Waals surface area contributed by atoms with Crippen molar-refractivity contribution in [1.29, 1.82) is 0 Å². The van der Waals surface area contributed by atoms with Gasteiger partial charge in [-0.3, -0.25) is 9.78 Å². The summed E-state index contributed by atoms with van der Waals surface area (Å²) in [5.74, 6) is -0.332. The Kier molecular flexibility index (Phi) is 4.82. The minimum atomic E-state index is -0.880. The number of aryl methyl sites for hydroxylation is 1. The third-order valence-corrected chi connectivity index (χ3v) is 5.52. The van der Waals surface area contributed by atoms with E-state index in [1.165, 1.54) is 0 Å². The summed E-state index contributed by atoms with van der Waals surface area (Å²) in [5.41, 5.74) is 11.1. The molecule has 28 heavy (non-hydrogen) atoms. The number of aromatic nitrogens is 1. The van der Waals surface area contributed by atoms with E-state index in [1.807, 2.05) is 72.8 Å². The SMILES string of the molecule is CCCc1ccc2c(n1)-c1ccccc1C2(CC=Cc1ccccc1)C(N)=O. The number of pyridine rings is 1. The number of carbonyl (C=O) groups is 1. The minimum Gasteiger partial charge on any atom is -0.369 e. The van der Waals surface area contributed by atoms with Crippen LogP contribution in [0.1, 0.15) is 42.1 Å². The van der Waals surface area contributed by atoms with Gasteiger partial charge in [0.15, 0.2) is 0 Å². The molecule has 2 aromatic carbocycles. The molecule has 0 spiro atoms. The average Bonchev–Trinajstić information content (AvgIpc) is 3.00. The zero-order valence-corrected chi connectivity index (χ0v) is 16.1. The van der Waals surface area contributed by atoms with Crippen LogP contribution in [0, 0.1) is 0 Å². The minimum absolute atomic E-state index is 0.332. The van der Waals surface area contributed by atoms with Gasteiger partial charge in [-0.25, -0.2) is 0 Å². The van der Waals surface area contributed by atoms with Gasteiger partial charge in [-0.15, -0.1) is 0 Å². The highest BCUT2D eigenvalue weighted by atomic mass is 16.1. The molecule has 0 saturated carbocycles. The van der Waals surface area contributed by atoms with Crippen LogP contribution in [-0.2, 0) is 16.6 Å². The van der Waals surface area contributed by atoms with Crippen molar-refractivity contribution in [3.63, 3.8) is 0 Å². The molecule has 2 N–H and O–H groups in total. The van der Waals surface area contributed by atoms with Crippen LogP contribution in [0.5, 0.6) is 0 Å². The summed E-state index contributed by atoms with van der Waals surface area (Å²) in [6.45, 7) is 2.14. The maximum absolute atomic E-state index is 12.9. The summed E-state index contributed by atoms with van der Waals surface area (Å²) in [5, 5.41) is 0. The highest BCUT2D eigenvalue weighted by Gasteiger charge is 2.47. The predicted octanol–water partition coefficient (Wildman–Crippen LogP) is 4.89. The molecule has 1 atom stereocenters. The Hall–Kier alpha value is -3.20. The third-order valence-electron chi connectivity index (χ3n) is 5.52. The molecule has 0 radical (unpaired) electrons. The molecule has 3 aromatic rings. The number of nitrogens with two attached hydrogens (primary N) is 1. The fraction of sp³-hybridized carbons (Fsp3) is 0.200. The normalized spacial score (nSPS) is 17.5. The molecule has 1 unspecified atom stereocenters. The molecule has 1 aliphatic carbocycles. The Morgan fingerprint density at radius 1 is 1.00 bits per heavy atom. The van der Waals surface area contributed by atoms with Crippen LogP contribution in [0.3, 0.4) is 0 Å². The molecule has 1 aromatic heterocycles. The number of allylic oxidation sites excluding steroid dienone is 1. The lowest BCUT2D eigenvalue weighted by Crippen LogP contribution is -2.40. The molecule has 140 valence electrons. The van der Waals surface area contributed by atoms with Crippen LogP contribution in [0.4, 0.5) is 0 Å². The second-order valence-corrected chi connectivity index (χ2v) is 7.28. The number of rotatable bonds is 6. The predicted molar refractivity (Wildman–Crippen MR) is 114 cm³/mol. The van der Waals surface area contributed by atoms with Crippen molar-refractivity contribution in [2.45, 2.75) is 31.6 Å². The standard InChI is InChI=1S/C25H24N2O/c1-2-9-19-15-16-22-23(27-19)20-13-6-7-14-21(20)25(22,24(26)28)17-8-12-18-10-4-3-5-11-18/h3-8,10-16H,2,9,17H2,1H3,(H2,26,28). The fourth-order valence-corrected chi connectivity index (χ4v) is 4.17. The van der Waals surface area contributed by atoms with Crippen molar-refractivity contribution in [3.8, 4) is 11.3 Å². The molecular weight excluding hydrogens is 344 g/mol. The van der Waals surface area contributed by atoms with Gasteiger partial charge in [0.25, 0.3) is 0 Å². The number of hydrogen-bond acceptors (Lipinski definition) is 2. The Balaban J connectivity index is 1.83. The van der Waals surface area contributed by atoms with Gasteiger partial charge >= 0.3 is 0 Å². The van der Waals surface area contributed by atoms with E-state index in [0.29, 0.717) is 6.42 Å². The molecule has 1 aliphatic rings. The third kappa shape index (κ3) is 2.93. The topological polar surface area (TPSA) is 56.0 Å². The lowest BCUT2D eigenvalue weighted by Gasteiger charge is -2.27. The van der Waals surface area contributed by atoms with Crippen LogP contribution in [0.15, 0.2) is 72.8 Å². The first-order valence-corrected chi connectivity index (χ1v) is 9.78. The van der Waals surface area contributed by atoms with E-state index < -0.39 is 5.41 Å². The summed E-state index contributed by atoms with van der Waals surface area (Å²) < 4.78 is 0. The van der Waals surface area contributed by atoms with Gasteiger partial charge in [0.2, 0.25) is 5.91 Å². The van der Waals surface area contributed by atoms with Gasteiger partial charge in [0, 0.05) is 11.3 Å². The highest BCUT2D eigenvalue weighted by molar-refractivity contribution is 5.99. The summed E-state index contributed by atoms with van der Waals surface area (Å²) in [6.07, 6.45) is 6.56. The van der Waals surface area contributed by atoms with Gasteiger partial charge < -0.3 is 5.73 Å². The van der Waals surface area contributed by atoms with Crippen LogP contribution in [0.2, 0.25) is 0 Å². The zero-order chi connectivity index (χ0) is 19.6. The number of amides is 1. The second-order valence-electron chi connectivity index (χ2n) is 7.28. The van der Waals surface area contributed by atoms with E-state index in [-0.39, 0.29) is 5.91 Å². The Labute approximate surface area is 165 Å². The van der Waals surface area contributed by atoms with Crippen molar-refractivity contribution in [2.75, 3.05) is 0 Å². The lowest BCUT2D eigenvalue weighted by atomic mass is 9.74. The smallest absolute Gasteiger partial charge is 0.232 e. The maximum Gasteiger partial charge on any atom is 0.232 e. The summed E-state index contributed by atoms with van der Waals surface area (Å²) in [4.78, 5) is 17.8. The Morgan fingerprint density at radius 2 is 1.75 bits per heavy atom. The molecule has 1 amide bonds.